The molecule has 0 spiro atoms. The summed E-state index contributed by atoms with van der Waals surface area (Å²) in [5.41, 5.74) is 3.85. The number of carbonyl (C=O) groups excluding carboxylic acids is 1. The van der Waals surface area contributed by atoms with Crippen molar-refractivity contribution in [3.8, 4) is 5.75 Å². The highest BCUT2D eigenvalue weighted by Gasteiger charge is 2.05. The average molecular weight is 272 g/mol. The summed E-state index contributed by atoms with van der Waals surface area (Å²) >= 11 is 0. The van der Waals surface area contributed by atoms with E-state index in [9.17, 15) is 4.79 Å². The molecule has 0 radical (unpaired) electrons. The van der Waals surface area contributed by atoms with Gasteiger partial charge < -0.3 is 4.74 Å². The van der Waals surface area contributed by atoms with E-state index in [1.54, 1.807) is 43.6 Å². The summed E-state index contributed by atoms with van der Waals surface area (Å²) < 4.78 is 5.60. The minimum absolute atomic E-state index is 0.273. The predicted molar refractivity (Wildman–Crippen MR) is 74.1 cm³/mol. The maximum Gasteiger partial charge on any atom is 0.274 e. The molecule has 20 heavy (non-hydrogen) atoms. The molecule has 5 heteroatoms. The normalized spacial score (nSPS) is 10.1. The fourth-order valence-electron chi connectivity index (χ4n) is 1.55. The van der Waals surface area contributed by atoms with Gasteiger partial charge in [-0.1, -0.05) is 6.07 Å². The lowest BCUT2D eigenvalue weighted by molar-refractivity contribution is 0.0364. The Kier molecular flexibility index (Phi) is 5.08. The first-order valence-corrected chi connectivity index (χ1v) is 6.33. The number of rotatable bonds is 6. The zero-order chi connectivity index (χ0) is 14.2. The van der Waals surface area contributed by atoms with E-state index >= 15 is 0 Å². The van der Waals surface area contributed by atoms with Gasteiger partial charge in [0.05, 0.1) is 6.61 Å². The van der Waals surface area contributed by atoms with Crippen molar-refractivity contribution >= 4 is 5.91 Å². The maximum absolute atomic E-state index is 11.6. The highest BCUT2D eigenvalue weighted by molar-refractivity contribution is 5.93. The molecule has 0 aliphatic carbocycles. The zero-order valence-corrected chi connectivity index (χ0v) is 11.2. The number of ether oxygens (including phenoxy) is 1. The van der Waals surface area contributed by atoms with E-state index in [2.05, 4.69) is 10.5 Å². The molecule has 1 amide bonds. The number of aromatic nitrogens is 1. The van der Waals surface area contributed by atoms with Crippen LogP contribution in [-0.2, 0) is 11.4 Å². The number of nitrogens with one attached hydrogen (secondary N) is 1. The van der Waals surface area contributed by atoms with E-state index in [1.165, 1.54) is 0 Å². The minimum Gasteiger partial charge on any atom is -0.489 e. The van der Waals surface area contributed by atoms with Gasteiger partial charge in [-0.05, 0) is 37.3 Å². The SMILES string of the molecule is CCONC(=O)c1ccc(OCc2cccnc2)cc1. The summed E-state index contributed by atoms with van der Waals surface area (Å²) in [6.07, 6.45) is 3.47. The van der Waals surface area contributed by atoms with Crippen molar-refractivity contribution < 1.29 is 14.4 Å². The number of benzene rings is 1. The molecule has 0 saturated heterocycles. The molecular formula is C15H16N2O3. The predicted octanol–water partition coefficient (Wildman–Crippen LogP) is 2.34. The van der Waals surface area contributed by atoms with Gasteiger partial charge in [0.25, 0.3) is 5.91 Å². The van der Waals surface area contributed by atoms with E-state index < -0.39 is 0 Å². The van der Waals surface area contributed by atoms with Crippen molar-refractivity contribution in [2.45, 2.75) is 13.5 Å². The molecule has 1 aromatic carbocycles. The maximum atomic E-state index is 11.6. The summed E-state index contributed by atoms with van der Waals surface area (Å²) in [6.45, 7) is 2.67. The molecule has 1 heterocycles. The Morgan fingerprint density at radius 3 is 2.70 bits per heavy atom. The molecule has 104 valence electrons. The number of hydroxylamine groups is 1. The third-order valence-electron chi connectivity index (χ3n) is 2.55. The van der Waals surface area contributed by atoms with Crippen LogP contribution in [0.15, 0.2) is 48.8 Å². The summed E-state index contributed by atoms with van der Waals surface area (Å²) in [4.78, 5) is 20.5. The van der Waals surface area contributed by atoms with Crippen LogP contribution >= 0.6 is 0 Å². The Labute approximate surface area is 117 Å². The molecule has 0 bridgehead atoms. The molecule has 2 rings (SSSR count). The number of carbonyl (C=O) groups is 1. The zero-order valence-electron chi connectivity index (χ0n) is 11.2. The van der Waals surface area contributed by atoms with Gasteiger partial charge in [0.2, 0.25) is 0 Å². The van der Waals surface area contributed by atoms with Gasteiger partial charge >= 0.3 is 0 Å². The van der Waals surface area contributed by atoms with Crippen molar-refractivity contribution in [1.82, 2.24) is 10.5 Å². The van der Waals surface area contributed by atoms with Gasteiger partial charge in [-0.2, -0.15) is 0 Å². The number of hydrogen-bond donors (Lipinski definition) is 1. The molecule has 1 N–H and O–H groups in total. The van der Waals surface area contributed by atoms with E-state index in [4.69, 9.17) is 9.57 Å². The second kappa shape index (κ2) is 7.25. The standard InChI is InChI=1S/C15H16N2O3/c1-2-20-17-15(18)13-5-7-14(8-6-13)19-11-12-4-3-9-16-10-12/h3-10H,2,11H2,1H3,(H,17,18). The molecule has 0 saturated carbocycles. The highest BCUT2D eigenvalue weighted by atomic mass is 16.6. The first-order chi connectivity index (χ1) is 9.79. The molecular weight excluding hydrogens is 256 g/mol. The topological polar surface area (TPSA) is 60.5 Å². The van der Waals surface area contributed by atoms with Crippen LogP contribution in [0, 0.1) is 0 Å². The van der Waals surface area contributed by atoms with Crippen molar-refractivity contribution in [1.29, 1.82) is 0 Å². The first kappa shape index (κ1) is 14.0. The van der Waals surface area contributed by atoms with Crippen LogP contribution in [0.25, 0.3) is 0 Å². The van der Waals surface area contributed by atoms with Crippen molar-refractivity contribution in [2.75, 3.05) is 6.61 Å². The van der Waals surface area contributed by atoms with Crippen LogP contribution in [0.3, 0.4) is 0 Å². The average Bonchev–Trinajstić information content (AvgIpc) is 2.52. The van der Waals surface area contributed by atoms with Crippen molar-refractivity contribution in [3.63, 3.8) is 0 Å². The third kappa shape index (κ3) is 4.07. The fraction of sp³-hybridized carbons (Fsp3) is 0.200. The van der Waals surface area contributed by atoms with Crippen LogP contribution in [-0.4, -0.2) is 17.5 Å². The fourth-order valence-corrected chi connectivity index (χ4v) is 1.55. The quantitative estimate of drug-likeness (QED) is 0.820. The Bertz CT molecular complexity index is 541. The van der Waals surface area contributed by atoms with E-state index in [0.29, 0.717) is 24.5 Å². The lowest BCUT2D eigenvalue weighted by Crippen LogP contribution is -2.23. The Hall–Kier alpha value is -2.40. The van der Waals surface area contributed by atoms with Gasteiger partial charge in [-0.25, -0.2) is 5.48 Å². The van der Waals surface area contributed by atoms with Crippen LogP contribution in [0.4, 0.5) is 0 Å². The van der Waals surface area contributed by atoms with E-state index in [0.717, 1.165) is 5.56 Å². The van der Waals surface area contributed by atoms with E-state index in [-0.39, 0.29) is 5.91 Å². The summed E-state index contributed by atoms with van der Waals surface area (Å²) in [6, 6.07) is 10.7. The monoisotopic (exact) mass is 272 g/mol. The van der Waals surface area contributed by atoms with Gasteiger partial charge in [-0.3, -0.25) is 14.6 Å². The Morgan fingerprint density at radius 1 is 1.25 bits per heavy atom. The Morgan fingerprint density at radius 2 is 2.05 bits per heavy atom. The molecule has 0 unspecified atom stereocenters. The van der Waals surface area contributed by atoms with Crippen LogP contribution < -0.4 is 10.2 Å². The summed E-state index contributed by atoms with van der Waals surface area (Å²) in [7, 11) is 0. The molecule has 0 aliphatic heterocycles. The summed E-state index contributed by atoms with van der Waals surface area (Å²) in [5.74, 6) is 0.424. The van der Waals surface area contributed by atoms with Crippen LogP contribution in [0.5, 0.6) is 5.75 Å². The van der Waals surface area contributed by atoms with Crippen molar-refractivity contribution in [2.24, 2.45) is 0 Å². The van der Waals surface area contributed by atoms with Gasteiger partial charge in [0.1, 0.15) is 12.4 Å². The second-order valence-corrected chi connectivity index (χ2v) is 4.04. The Balaban J connectivity index is 1.90. The number of hydrogen-bond acceptors (Lipinski definition) is 4. The summed E-state index contributed by atoms with van der Waals surface area (Å²) in [5, 5.41) is 0. The van der Waals surface area contributed by atoms with Gasteiger partial charge in [0.15, 0.2) is 0 Å². The molecule has 1 aromatic heterocycles. The van der Waals surface area contributed by atoms with Gasteiger partial charge in [-0.15, -0.1) is 0 Å². The van der Waals surface area contributed by atoms with Gasteiger partial charge in [0, 0.05) is 23.5 Å². The lowest BCUT2D eigenvalue weighted by atomic mass is 10.2. The largest absolute Gasteiger partial charge is 0.489 e. The van der Waals surface area contributed by atoms with Crippen molar-refractivity contribution in [3.05, 3.63) is 59.9 Å². The smallest absolute Gasteiger partial charge is 0.274 e. The van der Waals surface area contributed by atoms with E-state index in [1.807, 2.05) is 12.1 Å². The molecule has 2 aromatic rings. The number of nitrogens with zero attached hydrogens (tertiary/aromatic N) is 1. The number of pyridine rings is 1. The lowest BCUT2D eigenvalue weighted by Gasteiger charge is -2.07. The second-order valence-electron chi connectivity index (χ2n) is 4.04. The first-order valence-electron chi connectivity index (χ1n) is 6.33. The number of amides is 1. The van der Waals surface area contributed by atoms with Crippen LogP contribution in [0.2, 0.25) is 0 Å². The third-order valence-corrected chi connectivity index (χ3v) is 2.55. The van der Waals surface area contributed by atoms with Crippen LogP contribution in [0.1, 0.15) is 22.8 Å². The highest BCUT2D eigenvalue weighted by Crippen LogP contribution is 2.14. The molecule has 0 aliphatic rings. The molecule has 0 atom stereocenters. The minimum atomic E-state index is -0.273. The molecule has 5 nitrogen and oxygen atoms in total. The molecule has 0 fully saturated rings.